The normalized spacial score (nSPS) is 19.0. The molecule has 1 aliphatic carbocycles. The molecule has 0 spiro atoms. The van der Waals surface area contributed by atoms with Crippen LogP contribution in [0.15, 0.2) is 87.6 Å². The van der Waals surface area contributed by atoms with Crippen molar-refractivity contribution >= 4 is 18.2 Å². The van der Waals surface area contributed by atoms with Crippen molar-refractivity contribution in [3.8, 4) is 0 Å². The van der Waals surface area contributed by atoms with Gasteiger partial charge in [0, 0.05) is 54.4 Å². The fourth-order valence-electron chi connectivity index (χ4n) is 6.44. The Bertz CT molecular complexity index is 1400. The average Bonchev–Trinajstić information content (AvgIpc) is 3.01. The van der Waals surface area contributed by atoms with E-state index >= 15 is 0 Å². The molecule has 0 saturated carbocycles. The van der Waals surface area contributed by atoms with E-state index < -0.39 is 5.69 Å². The SMILES string of the molecule is C=NN(C1=C(CC)N(C(=C)CN/C(C)=C(\C(=C)C(=C)NCCCCCC)n2ccc(N)nc2=O)CCC1)C1CC=C(C)CC1C. The highest BCUT2D eigenvalue weighted by atomic mass is 16.1. The van der Waals surface area contributed by atoms with Gasteiger partial charge in [0.1, 0.15) is 5.82 Å². The molecule has 0 saturated heterocycles. The summed E-state index contributed by atoms with van der Waals surface area (Å²) in [6.07, 6.45) is 13.4. The van der Waals surface area contributed by atoms with Gasteiger partial charge in [-0.15, -0.1) is 0 Å². The molecule has 1 aromatic rings. The van der Waals surface area contributed by atoms with Crippen LogP contribution >= 0.6 is 0 Å². The maximum Gasteiger partial charge on any atom is 0.354 e. The zero-order chi connectivity index (χ0) is 33.1. The van der Waals surface area contributed by atoms with E-state index in [1.807, 2.05) is 6.92 Å². The van der Waals surface area contributed by atoms with Crippen molar-refractivity contribution in [3.05, 3.63) is 88.2 Å². The summed E-state index contributed by atoms with van der Waals surface area (Å²) >= 11 is 0. The van der Waals surface area contributed by atoms with Crippen molar-refractivity contribution in [3.63, 3.8) is 0 Å². The highest BCUT2D eigenvalue weighted by Gasteiger charge is 2.32. The number of allylic oxidation sites excluding steroid dienone is 5. The third-order valence-electron chi connectivity index (χ3n) is 8.92. The summed E-state index contributed by atoms with van der Waals surface area (Å²) in [6.45, 7) is 30.1. The van der Waals surface area contributed by atoms with Crippen LogP contribution in [-0.2, 0) is 0 Å². The van der Waals surface area contributed by atoms with Gasteiger partial charge in [0.15, 0.2) is 0 Å². The summed E-state index contributed by atoms with van der Waals surface area (Å²) in [5.41, 5.74) is 12.8. The number of nitrogen functional groups attached to an aromatic ring is 1. The molecule has 2 aliphatic rings. The Hall–Kier alpha value is -4.01. The monoisotopic (exact) mass is 616 g/mol. The van der Waals surface area contributed by atoms with E-state index in [2.05, 4.69) is 90.9 Å². The van der Waals surface area contributed by atoms with Gasteiger partial charge in [-0.2, -0.15) is 10.1 Å². The van der Waals surface area contributed by atoms with Gasteiger partial charge in [0.05, 0.1) is 24.0 Å². The molecule has 0 aromatic carbocycles. The van der Waals surface area contributed by atoms with Crippen LogP contribution in [0.25, 0.3) is 5.70 Å². The van der Waals surface area contributed by atoms with E-state index in [1.54, 1.807) is 12.3 Å². The van der Waals surface area contributed by atoms with Crippen LogP contribution in [0.4, 0.5) is 5.82 Å². The van der Waals surface area contributed by atoms with Crippen molar-refractivity contribution in [2.75, 3.05) is 25.4 Å². The third kappa shape index (κ3) is 9.02. The van der Waals surface area contributed by atoms with Crippen molar-refractivity contribution in [2.24, 2.45) is 11.0 Å². The van der Waals surface area contributed by atoms with E-state index in [0.29, 0.717) is 35.5 Å². The molecule has 9 nitrogen and oxygen atoms in total. The first kappa shape index (κ1) is 35.5. The molecule has 2 atom stereocenters. The zero-order valence-electron chi connectivity index (χ0n) is 28.4. The number of rotatable bonds is 17. The van der Waals surface area contributed by atoms with Gasteiger partial charge in [-0.1, -0.05) is 71.4 Å². The van der Waals surface area contributed by atoms with Crippen LogP contribution in [0.2, 0.25) is 0 Å². The number of aromatic nitrogens is 2. The smallest absolute Gasteiger partial charge is 0.354 e. The second-order valence-electron chi connectivity index (χ2n) is 12.4. The zero-order valence-corrected chi connectivity index (χ0v) is 28.4. The lowest BCUT2D eigenvalue weighted by atomic mass is 9.85. The van der Waals surface area contributed by atoms with Gasteiger partial charge in [0.25, 0.3) is 0 Å². The molecule has 3 rings (SSSR count). The molecule has 2 heterocycles. The molecule has 1 aliphatic heterocycles. The minimum absolute atomic E-state index is 0.171. The number of anilines is 1. The quantitative estimate of drug-likeness (QED) is 0.0586. The van der Waals surface area contributed by atoms with Crippen molar-refractivity contribution in [2.45, 2.75) is 98.4 Å². The summed E-state index contributed by atoms with van der Waals surface area (Å²) < 4.78 is 1.47. The van der Waals surface area contributed by atoms with Gasteiger partial charge in [-0.05, 0) is 64.4 Å². The number of hydrogen-bond acceptors (Lipinski definition) is 8. The predicted molar refractivity (Wildman–Crippen MR) is 190 cm³/mol. The second-order valence-corrected chi connectivity index (χ2v) is 12.4. The Kier molecular flexibility index (Phi) is 13.3. The third-order valence-corrected chi connectivity index (χ3v) is 8.92. The van der Waals surface area contributed by atoms with E-state index in [9.17, 15) is 4.79 Å². The summed E-state index contributed by atoms with van der Waals surface area (Å²) in [5, 5.41) is 13.7. The van der Waals surface area contributed by atoms with Gasteiger partial charge >= 0.3 is 5.69 Å². The Morgan fingerprint density at radius 3 is 2.60 bits per heavy atom. The number of nitrogens with one attached hydrogen (secondary N) is 2. The summed E-state index contributed by atoms with van der Waals surface area (Å²) in [7, 11) is 0. The highest BCUT2D eigenvalue weighted by Crippen LogP contribution is 2.36. The molecule has 0 bridgehead atoms. The van der Waals surface area contributed by atoms with Gasteiger partial charge < -0.3 is 21.3 Å². The molecule has 45 heavy (non-hydrogen) atoms. The maximum absolute atomic E-state index is 13.0. The lowest BCUT2D eigenvalue weighted by Crippen LogP contribution is -2.41. The molecule has 0 fully saturated rings. The summed E-state index contributed by atoms with van der Waals surface area (Å²) in [4.78, 5) is 19.3. The molecule has 0 amide bonds. The Labute approximate surface area is 271 Å². The minimum atomic E-state index is -0.474. The van der Waals surface area contributed by atoms with Crippen LogP contribution in [0.5, 0.6) is 0 Å². The average molecular weight is 617 g/mol. The molecule has 2 unspecified atom stereocenters. The predicted octanol–water partition coefficient (Wildman–Crippen LogP) is 6.74. The van der Waals surface area contributed by atoms with Crippen LogP contribution in [0.3, 0.4) is 0 Å². The molecule has 1 aromatic heterocycles. The molecule has 0 radical (unpaired) electrons. The van der Waals surface area contributed by atoms with E-state index in [4.69, 9.17) is 5.73 Å². The van der Waals surface area contributed by atoms with E-state index in [-0.39, 0.29) is 5.82 Å². The lowest BCUT2D eigenvalue weighted by Gasteiger charge is -2.42. The van der Waals surface area contributed by atoms with Gasteiger partial charge in [-0.25, -0.2) is 4.79 Å². The fraction of sp³-hybridized carbons (Fsp3) is 0.528. The van der Waals surface area contributed by atoms with Crippen LogP contribution in [-0.4, -0.2) is 51.9 Å². The Balaban J connectivity index is 1.85. The fourth-order valence-corrected chi connectivity index (χ4v) is 6.44. The molecule has 9 heteroatoms. The van der Waals surface area contributed by atoms with Crippen LogP contribution < -0.4 is 22.1 Å². The number of unbranched alkanes of at least 4 members (excludes halogenated alkanes) is 3. The molecule has 246 valence electrons. The Morgan fingerprint density at radius 1 is 1.20 bits per heavy atom. The van der Waals surface area contributed by atoms with Gasteiger partial charge in [-0.3, -0.25) is 9.58 Å². The summed E-state index contributed by atoms with van der Waals surface area (Å²) in [6, 6.07) is 1.91. The first-order chi connectivity index (χ1) is 21.5. The maximum atomic E-state index is 13.0. The van der Waals surface area contributed by atoms with E-state index in [0.717, 1.165) is 69.4 Å². The number of hydrazone groups is 1. The first-order valence-corrected chi connectivity index (χ1v) is 16.5. The number of hydrogen-bond donors (Lipinski definition) is 3. The lowest BCUT2D eigenvalue weighted by molar-refractivity contribution is 0.170. The van der Waals surface area contributed by atoms with Crippen molar-refractivity contribution in [1.29, 1.82) is 0 Å². The van der Waals surface area contributed by atoms with Gasteiger partial charge in [0.2, 0.25) is 0 Å². The topological polar surface area (TPSA) is 104 Å². The molecular weight excluding hydrogens is 560 g/mol. The Morgan fingerprint density at radius 2 is 1.96 bits per heavy atom. The second kappa shape index (κ2) is 16.9. The van der Waals surface area contributed by atoms with Crippen LogP contribution in [0.1, 0.15) is 92.4 Å². The standard InChI is InChI=1S/C36H56N8O/c1-10-12-13-14-20-39-29(7)28(6)35(43-22-19-34(37)41-36(43)45)30(8)40-24-27(5)42-21-15-16-33(31(42)11-2)44(38-9)32-18-17-25(3)23-26(32)4/h17,19,22,26,32,39-40H,5-7,9-16,18,20-21,23-24H2,1-4,8H3,(H2,37,41,45)/b35-30+. The van der Waals surface area contributed by atoms with Crippen molar-refractivity contribution in [1.82, 2.24) is 30.1 Å². The number of nitrogens with two attached hydrogens (primary N) is 1. The molecular formula is C36H56N8O. The number of nitrogens with zero attached hydrogens (tertiary/aromatic N) is 5. The van der Waals surface area contributed by atoms with Crippen molar-refractivity contribution < 1.29 is 0 Å². The minimum Gasteiger partial charge on any atom is -0.385 e. The van der Waals surface area contributed by atoms with Crippen LogP contribution in [0, 0.1) is 5.92 Å². The highest BCUT2D eigenvalue weighted by molar-refractivity contribution is 5.72. The summed E-state index contributed by atoms with van der Waals surface area (Å²) in [5.74, 6) is 0.669. The first-order valence-electron chi connectivity index (χ1n) is 16.5. The van der Waals surface area contributed by atoms with E-state index in [1.165, 1.54) is 34.4 Å². The largest absolute Gasteiger partial charge is 0.385 e. The molecule has 4 N–H and O–H groups in total.